The van der Waals surface area contributed by atoms with Crippen molar-refractivity contribution in [2.24, 2.45) is 7.05 Å². The van der Waals surface area contributed by atoms with Crippen molar-refractivity contribution in [2.75, 3.05) is 5.32 Å². The van der Waals surface area contributed by atoms with Crippen LogP contribution >= 0.6 is 0 Å². The first-order valence-corrected chi connectivity index (χ1v) is 5.03. The molecule has 0 aliphatic rings. The Hall–Kier alpha value is -1.77. The molecule has 0 unspecified atom stereocenters. The van der Waals surface area contributed by atoms with Crippen molar-refractivity contribution < 1.29 is 0 Å². The maximum absolute atomic E-state index is 4.23. The molecule has 3 heteroatoms. The zero-order valence-corrected chi connectivity index (χ0v) is 9.07. The van der Waals surface area contributed by atoms with Gasteiger partial charge in [-0.2, -0.15) is 0 Å². The molecule has 0 atom stereocenters. The molecule has 0 radical (unpaired) electrons. The summed E-state index contributed by atoms with van der Waals surface area (Å²) in [6, 6.07) is 8.15. The number of rotatable bonds is 3. The van der Waals surface area contributed by atoms with Gasteiger partial charge in [0.15, 0.2) is 0 Å². The molecule has 0 aliphatic carbocycles. The van der Waals surface area contributed by atoms with Crippen LogP contribution in [0.4, 0.5) is 5.69 Å². The maximum atomic E-state index is 4.23. The second kappa shape index (κ2) is 4.17. The SMILES string of the molecule is Cc1ncccc1NCc1cccn1C. The van der Waals surface area contributed by atoms with Gasteiger partial charge in [-0.25, -0.2) is 0 Å². The van der Waals surface area contributed by atoms with E-state index < -0.39 is 0 Å². The molecule has 2 aromatic rings. The minimum atomic E-state index is 0.829. The molecule has 0 saturated carbocycles. The Morgan fingerprint density at radius 2 is 2.20 bits per heavy atom. The predicted octanol–water partition coefficient (Wildman–Crippen LogP) is 2.34. The van der Waals surface area contributed by atoms with Gasteiger partial charge in [-0.05, 0) is 31.2 Å². The average Bonchev–Trinajstić information content (AvgIpc) is 2.63. The van der Waals surface area contributed by atoms with Crippen LogP contribution in [0.1, 0.15) is 11.4 Å². The Morgan fingerprint density at radius 1 is 1.33 bits per heavy atom. The summed E-state index contributed by atoms with van der Waals surface area (Å²) in [5.41, 5.74) is 3.39. The van der Waals surface area contributed by atoms with Crippen molar-refractivity contribution in [3.8, 4) is 0 Å². The quantitative estimate of drug-likeness (QED) is 0.826. The molecule has 0 spiro atoms. The molecule has 78 valence electrons. The third-order valence-corrected chi connectivity index (χ3v) is 2.52. The van der Waals surface area contributed by atoms with Gasteiger partial charge >= 0.3 is 0 Å². The lowest BCUT2D eigenvalue weighted by Gasteiger charge is -2.09. The van der Waals surface area contributed by atoms with Crippen molar-refractivity contribution in [3.63, 3.8) is 0 Å². The van der Waals surface area contributed by atoms with Crippen molar-refractivity contribution >= 4 is 5.69 Å². The number of nitrogens with one attached hydrogen (secondary N) is 1. The third kappa shape index (κ3) is 2.18. The maximum Gasteiger partial charge on any atom is 0.0603 e. The number of anilines is 1. The Labute approximate surface area is 89.8 Å². The second-order valence-electron chi connectivity index (χ2n) is 3.60. The van der Waals surface area contributed by atoms with Crippen molar-refractivity contribution in [3.05, 3.63) is 48.0 Å². The molecule has 0 saturated heterocycles. The van der Waals surface area contributed by atoms with Crippen molar-refractivity contribution in [2.45, 2.75) is 13.5 Å². The van der Waals surface area contributed by atoms with Gasteiger partial charge in [-0.15, -0.1) is 0 Å². The fourth-order valence-corrected chi connectivity index (χ4v) is 1.54. The van der Waals surface area contributed by atoms with E-state index in [-0.39, 0.29) is 0 Å². The van der Waals surface area contributed by atoms with Gasteiger partial charge in [0.25, 0.3) is 0 Å². The normalized spacial score (nSPS) is 10.3. The summed E-state index contributed by atoms with van der Waals surface area (Å²) >= 11 is 0. The third-order valence-electron chi connectivity index (χ3n) is 2.52. The van der Waals surface area contributed by atoms with Crippen LogP contribution in [-0.2, 0) is 13.6 Å². The molecule has 1 N–H and O–H groups in total. The van der Waals surface area contributed by atoms with Crippen LogP contribution in [0.25, 0.3) is 0 Å². The van der Waals surface area contributed by atoms with E-state index in [2.05, 4.69) is 20.9 Å². The van der Waals surface area contributed by atoms with Gasteiger partial charge in [-0.1, -0.05) is 0 Å². The summed E-state index contributed by atoms with van der Waals surface area (Å²) in [6.07, 6.45) is 3.86. The Kier molecular flexibility index (Phi) is 2.72. The number of aryl methyl sites for hydroxylation is 2. The van der Waals surface area contributed by atoms with E-state index in [1.807, 2.05) is 44.6 Å². The summed E-state index contributed by atoms with van der Waals surface area (Å²) < 4.78 is 2.11. The number of hydrogen-bond acceptors (Lipinski definition) is 2. The zero-order valence-electron chi connectivity index (χ0n) is 9.07. The second-order valence-corrected chi connectivity index (χ2v) is 3.60. The van der Waals surface area contributed by atoms with Gasteiger partial charge in [0.2, 0.25) is 0 Å². The molecule has 15 heavy (non-hydrogen) atoms. The molecule has 0 aliphatic heterocycles. The zero-order chi connectivity index (χ0) is 10.7. The van der Waals surface area contributed by atoms with Gasteiger partial charge in [0.05, 0.1) is 17.9 Å². The van der Waals surface area contributed by atoms with Crippen LogP contribution in [0.5, 0.6) is 0 Å². The van der Waals surface area contributed by atoms with E-state index in [1.54, 1.807) is 0 Å². The van der Waals surface area contributed by atoms with E-state index in [0.29, 0.717) is 0 Å². The van der Waals surface area contributed by atoms with Crippen LogP contribution in [0.3, 0.4) is 0 Å². The first-order chi connectivity index (χ1) is 7.27. The van der Waals surface area contributed by atoms with Crippen LogP contribution in [-0.4, -0.2) is 9.55 Å². The highest BCUT2D eigenvalue weighted by Gasteiger charge is 1.99. The summed E-state index contributed by atoms with van der Waals surface area (Å²) in [6.45, 7) is 2.84. The molecular formula is C12H15N3. The highest BCUT2D eigenvalue weighted by molar-refractivity contribution is 5.46. The van der Waals surface area contributed by atoms with Crippen LogP contribution < -0.4 is 5.32 Å². The first-order valence-electron chi connectivity index (χ1n) is 5.03. The van der Waals surface area contributed by atoms with Gasteiger partial charge < -0.3 is 9.88 Å². The summed E-state index contributed by atoms with van der Waals surface area (Å²) in [7, 11) is 2.05. The van der Waals surface area contributed by atoms with E-state index in [9.17, 15) is 0 Å². The lowest BCUT2D eigenvalue weighted by atomic mass is 10.3. The molecule has 0 amide bonds. The topological polar surface area (TPSA) is 29.9 Å². The summed E-state index contributed by atoms with van der Waals surface area (Å²) in [5.74, 6) is 0. The first kappa shape index (κ1) is 9.77. The summed E-state index contributed by atoms with van der Waals surface area (Å²) in [4.78, 5) is 4.23. The lowest BCUT2D eigenvalue weighted by molar-refractivity contribution is 0.841. The van der Waals surface area contributed by atoms with Gasteiger partial charge in [0, 0.05) is 25.1 Å². The van der Waals surface area contributed by atoms with E-state index >= 15 is 0 Å². The molecule has 2 rings (SSSR count). The Balaban J connectivity index is 2.06. The minimum absolute atomic E-state index is 0.829. The Morgan fingerprint density at radius 3 is 2.87 bits per heavy atom. The molecular weight excluding hydrogens is 186 g/mol. The van der Waals surface area contributed by atoms with Crippen LogP contribution in [0.2, 0.25) is 0 Å². The molecule has 0 bridgehead atoms. The smallest absolute Gasteiger partial charge is 0.0603 e. The number of aromatic nitrogens is 2. The highest BCUT2D eigenvalue weighted by Crippen LogP contribution is 2.12. The van der Waals surface area contributed by atoms with Crippen LogP contribution in [0, 0.1) is 6.92 Å². The van der Waals surface area contributed by atoms with Gasteiger partial charge in [-0.3, -0.25) is 4.98 Å². The fourth-order valence-electron chi connectivity index (χ4n) is 1.54. The molecule has 0 fully saturated rings. The lowest BCUT2D eigenvalue weighted by Crippen LogP contribution is -2.05. The van der Waals surface area contributed by atoms with E-state index in [1.165, 1.54) is 5.69 Å². The predicted molar refractivity (Wildman–Crippen MR) is 61.7 cm³/mol. The number of nitrogens with zero attached hydrogens (tertiary/aromatic N) is 2. The number of pyridine rings is 1. The largest absolute Gasteiger partial charge is 0.378 e. The molecule has 0 aromatic carbocycles. The number of hydrogen-bond donors (Lipinski definition) is 1. The minimum Gasteiger partial charge on any atom is -0.378 e. The Bertz CT molecular complexity index is 446. The van der Waals surface area contributed by atoms with Crippen LogP contribution in [0.15, 0.2) is 36.7 Å². The van der Waals surface area contributed by atoms with E-state index in [0.717, 1.165) is 17.9 Å². The van der Waals surface area contributed by atoms with Crippen molar-refractivity contribution in [1.29, 1.82) is 0 Å². The highest BCUT2D eigenvalue weighted by atomic mass is 15.0. The van der Waals surface area contributed by atoms with E-state index in [4.69, 9.17) is 0 Å². The monoisotopic (exact) mass is 201 g/mol. The average molecular weight is 201 g/mol. The van der Waals surface area contributed by atoms with Gasteiger partial charge in [0.1, 0.15) is 0 Å². The molecule has 2 aromatic heterocycles. The summed E-state index contributed by atoms with van der Waals surface area (Å²) in [5, 5.41) is 3.37. The fraction of sp³-hybridized carbons (Fsp3) is 0.250. The standard InChI is InChI=1S/C12H15N3/c1-10-12(6-3-7-13-10)14-9-11-5-4-8-15(11)2/h3-8,14H,9H2,1-2H3. The van der Waals surface area contributed by atoms with Crippen molar-refractivity contribution in [1.82, 2.24) is 9.55 Å². The molecule has 2 heterocycles. The molecule has 3 nitrogen and oxygen atoms in total.